The second-order valence-electron chi connectivity index (χ2n) is 5.27. The minimum atomic E-state index is -0.807. The van der Waals surface area contributed by atoms with E-state index in [4.69, 9.17) is 5.11 Å². The van der Waals surface area contributed by atoms with Gasteiger partial charge in [0.1, 0.15) is 12.1 Å². The van der Waals surface area contributed by atoms with Crippen LogP contribution in [-0.4, -0.2) is 21.0 Å². The molecule has 2 aromatic carbocycles. The SMILES string of the molecule is O=C(O)CC/C=C/Nc1ncnc2cccc(-c3ccccc3)c12. The standard InChI is InChI=1S/C19H17N3O2/c23-17(24)11-4-5-12-20-19-18-15(14-7-2-1-3-8-14)9-6-10-16(18)21-13-22-19/h1-3,5-10,12-13H,4,11H2,(H,23,24)(H,20,21,22)/b12-5+. The first kappa shape index (κ1) is 15.7. The van der Waals surface area contributed by atoms with E-state index in [9.17, 15) is 4.79 Å². The van der Waals surface area contributed by atoms with Gasteiger partial charge in [-0.25, -0.2) is 9.97 Å². The van der Waals surface area contributed by atoms with Crippen LogP contribution in [0.15, 0.2) is 67.1 Å². The molecule has 3 rings (SSSR count). The average Bonchev–Trinajstić information content (AvgIpc) is 2.61. The van der Waals surface area contributed by atoms with Crippen molar-refractivity contribution >= 4 is 22.7 Å². The van der Waals surface area contributed by atoms with Gasteiger partial charge in [-0.15, -0.1) is 0 Å². The van der Waals surface area contributed by atoms with Crippen molar-refractivity contribution in [2.45, 2.75) is 12.8 Å². The maximum absolute atomic E-state index is 10.5. The van der Waals surface area contributed by atoms with Gasteiger partial charge in [0, 0.05) is 6.42 Å². The summed E-state index contributed by atoms with van der Waals surface area (Å²) in [5.41, 5.74) is 3.00. The molecule has 1 aromatic heterocycles. The molecule has 5 nitrogen and oxygen atoms in total. The number of nitrogens with zero attached hydrogens (tertiary/aromatic N) is 2. The van der Waals surface area contributed by atoms with Crippen LogP contribution < -0.4 is 5.32 Å². The van der Waals surface area contributed by atoms with Crippen molar-refractivity contribution in [2.24, 2.45) is 0 Å². The molecule has 2 N–H and O–H groups in total. The van der Waals surface area contributed by atoms with Crippen molar-refractivity contribution in [3.8, 4) is 11.1 Å². The first-order chi connectivity index (χ1) is 11.8. The maximum atomic E-state index is 10.5. The summed E-state index contributed by atoms with van der Waals surface area (Å²) in [6.07, 6.45) is 5.61. The minimum absolute atomic E-state index is 0.109. The number of carboxylic acids is 1. The predicted octanol–water partition coefficient (Wildman–Crippen LogP) is 4.09. The highest BCUT2D eigenvalue weighted by Crippen LogP contribution is 2.31. The van der Waals surface area contributed by atoms with E-state index in [2.05, 4.69) is 15.3 Å². The molecule has 0 fully saturated rings. The predicted molar refractivity (Wildman–Crippen MR) is 94.6 cm³/mol. The molecule has 0 aliphatic heterocycles. The summed E-state index contributed by atoms with van der Waals surface area (Å²) in [6, 6.07) is 16.0. The van der Waals surface area contributed by atoms with E-state index in [1.54, 1.807) is 12.3 Å². The van der Waals surface area contributed by atoms with Gasteiger partial charge in [-0.3, -0.25) is 4.79 Å². The van der Waals surface area contributed by atoms with Crippen LogP contribution >= 0.6 is 0 Å². The number of aromatic nitrogens is 2. The number of hydrogen-bond donors (Lipinski definition) is 2. The van der Waals surface area contributed by atoms with Gasteiger partial charge in [0.15, 0.2) is 0 Å². The summed E-state index contributed by atoms with van der Waals surface area (Å²) < 4.78 is 0. The first-order valence-corrected chi connectivity index (χ1v) is 7.68. The van der Waals surface area contributed by atoms with Crippen LogP contribution in [0.2, 0.25) is 0 Å². The second-order valence-corrected chi connectivity index (χ2v) is 5.27. The third kappa shape index (κ3) is 3.57. The molecule has 0 spiro atoms. The number of anilines is 1. The minimum Gasteiger partial charge on any atom is -0.481 e. The van der Waals surface area contributed by atoms with Crippen LogP contribution in [-0.2, 0) is 4.79 Å². The maximum Gasteiger partial charge on any atom is 0.303 e. The Kier molecular flexibility index (Phi) is 4.81. The van der Waals surface area contributed by atoms with E-state index in [0.717, 1.165) is 22.0 Å². The average molecular weight is 319 g/mol. The van der Waals surface area contributed by atoms with Gasteiger partial charge in [0.25, 0.3) is 0 Å². The van der Waals surface area contributed by atoms with E-state index >= 15 is 0 Å². The molecule has 0 amide bonds. The van der Waals surface area contributed by atoms with Gasteiger partial charge in [-0.2, -0.15) is 0 Å². The molecule has 0 aliphatic carbocycles. The third-order valence-corrected chi connectivity index (χ3v) is 3.61. The van der Waals surface area contributed by atoms with Gasteiger partial charge in [0.2, 0.25) is 0 Å². The Morgan fingerprint density at radius 2 is 1.92 bits per heavy atom. The molecule has 24 heavy (non-hydrogen) atoms. The fraction of sp³-hybridized carbons (Fsp3) is 0.105. The molecule has 120 valence electrons. The number of carbonyl (C=O) groups is 1. The van der Waals surface area contributed by atoms with Gasteiger partial charge in [-0.1, -0.05) is 48.5 Å². The first-order valence-electron chi connectivity index (χ1n) is 7.68. The van der Waals surface area contributed by atoms with Crippen molar-refractivity contribution in [2.75, 3.05) is 5.32 Å². The lowest BCUT2D eigenvalue weighted by atomic mass is 10.0. The monoisotopic (exact) mass is 319 g/mol. The fourth-order valence-electron chi connectivity index (χ4n) is 2.51. The number of carboxylic acid groups (broad SMARTS) is 1. The van der Waals surface area contributed by atoms with Crippen molar-refractivity contribution in [3.63, 3.8) is 0 Å². The molecule has 0 saturated carbocycles. The normalized spacial score (nSPS) is 11.0. The Balaban J connectivity index is 1.95. The highest BCUT2D eigenvalue weighted by atomic mass is 16.4. The number of aliphatic carboxylic acids is 1. The Hall–Kier alpha value is -3.21. The number of rotatable bonds is 6. The van der Waals surface area contributed by atoms with Crippen molar-refractivity contribution < 1.29 is 9.90 Å². The molecular formula is C19H17N3O2. The summed E-state index contributed by atoms with van der Waals surface area (Å²) in [5, 5.41) is 12.7. The van der Waals surface area contributed by atoms with Crippen LogP contribution in [0, 0.1) is 0 Å². The van der Waals surface area contributed by atoms with E-state index in [1.165, 1.54) is 6.33 Å². The Morgan fingerprint density at radius 3 is 2.71 bits per heavy atom. The van der Waals surface area contributed by atoms with E-state index in [-0.39, 0.29) is 6.42 Å². The number of nitrogens with one attached hydrogen (secondary N) is 1. The number of allylic oxidation sites excluding steroid dienone is 1. The van der Waals surface area contributed by atoms with Gasteiger partial charge in [0.05, 0.1) is 10.9 Å². The summed E-state index contributed by atoms with van der Waals surface area (Å²) in [4.78, 5) is 19.2. The number of hydrogen-bond acceptors (Lipinski definition) is 4. The Bertz CT molecular complexity index is 871. The van der Waals surface area contributed by atoms with Crippen LogP contribution in [0.4, 0.5) is 5.82 Å². The fourth-order valence-corrected chi connectivity index (χ4v) is 2.51. The van der Waals surface area contributed by atoms with Crippen molar-refractivity contribution in [3.05, 3.63) is 67.1 Å². The molecule has 1 heterocycles. The van der Waals surface area contributed by atoms with Crippen LogP contribution in [0.25, 0.3) is 22.0 Å². The highest BCUT2D eigenvalue weighted by Gasteiger charge is 2.09. The zero-order valence-corrected chi connectivity index (χ0v) is 13.0. The van der Waals surface area contributed by atoms with E-state index < -0.39 is 5.97 Å². The smallest absolute Gasteiger partial charge is 0.303 e. The number of fused-ring (bicyclic) bond motifs is 1. The summed E-state index contributed by atoms with van der Waals surface area (Å²) in [7, 11) is 0. The molecule has 0 atom stereocenters. The Morgan fingerprint density at radius 1 is 1.08 bits per heavy atom. The molecule has 0 unspecified atom stereocenters. The summed E-state index contributed by atoms with van der Waals surface area (Å²) in [5.74, 6) is -0.107. The van der Waals surface area contributed by atoms with Crippen molar-refractivity contribution in [1.29, 1.82) is 0 Å². The molecule has 0 bridgehead atoms. The van der Waals surface area contributed by atoms with E-state index in [1.807, 2.05) is 48.5 Å². The van der Waals surface area contributed by atoms with Crippen LogP contribution in [0.5, 0.6) is 0 Å². The molecule has 0 saturated heterocycles. The topological polar surface area (TPSA) is 75.1 Å². The third-order valence-electron chi connectivity index (χ3n) is 3.61. The lowest BCUT2D eigenvalue weighted by molar-refractivity contribution is -0.136. The van der Waals surface area contributed by atoms with E-state index in [0.29, 0.717) is 12.2 Å². The quantitative estimate of drug-likeness (QED) is 0.716. The number of benzene rings is 2. The van der Waals surface area contributed by atoms with Crippen LogP contribution in [0.3, 0.4) is 0 Å². The lowest BCUT2D eigenvalue weighted by Gasteiger charge is -2.10. The highest BCUT2D eigenvalue weighted by molar-refractivity contribution is 6.01. The van der Waals surface area contributed by atoms with Gasteiger partial charge < -0.3 is 10.4 Å². The van der Waals surface area contributed by atoms with Crippen molar-refractivity contribution in [1.82, 2.24) is 9.97 Å². The second kappa shape index (κ2) is 7.37. The zero-order valence-electron chi connectivity index (χ0n) is 13.0. The lowest BCUT2D eigenvalue weighted by Crippen LogP contribution is -1.97. The van der Waals surface area contributed by atoms with Gasteiger partial charge >= 0.3 is 5.97 Å². The zero-order chi connectivity index (χ0) is 16.8. The molecule has 5 heteroatoms. The summed E-state index contributed by atoms with van der Waals surface area (Å²) >= 11 is 0. The molecular weight excluding hydrogens is 302 g/mol. The summed E-state index contributed by atoms with van der Waals surface area (Å²) in [6.45, 7) is 0. The van der Waals surface area contributed by atoms with Crippen LogP contribution in [0.1, 0.15) is 12.8 Å². The molecule has 3 aromatic rings. The largest absolute Gasteiger partial charge is 0.481 e. The molecule has 0 radical (unpaired) electrons. The van der Waals surface area contributed by atoms with Gasteiger partial charge in [-0.05, 0) is 29.8 Å². The molecule has 0 aliphatic rings. The Labute approximate surface area is 139 Å².